The molecule has 6 aliphatic rings. The third-order valence-electron chi connectivity index (χ3n) is 26.6. The molecule has 4 aliphatic carbocycles. The first-order valence-electron chi connectivity index (χ1n) is 39.7. The number of aromatic nitrogens is 1. The highest BCUT2D eigenvalue weighted by molar-refractivity contribution is 7.02. The number of anilines is 3. The summed E-state index contributed by atoms with van der Waals surface area (Å²) in [6, 6.07) is 115. The van der Waals surface area contributed by atoms with Crippen LogP contribution >= 0.6 is 0 Å². The van der Waals surface area contributed by atoms with Gasteiger partial charge in [0, 0.05) is 44.6 Å². The number of rotatable bonds is 5. The molecule has 0 amide bonds. The number of para-hydroxylation sites is 2. The molecule has 0 saturated heterocycles. The van der Waals surface area contributed by atoms with Crippen LogP contribution in [0.15, 0.2) is 291 Å². The van der Waals surface area contributed by atoms with Gasteiger partial charge in [0.1, 0.15) is 0 Å². The maximum absolute atomic E-state index is 2.83. The van der Waals surface area contributed by atoms with Gasteiger partial charge in [-0.25, -0.2) is 0 Å². The van der Waals surface area contributed by atoms with E-state index in [2.05, 4.69) is 384 Å². The second-order valence-electron chi connectivity index (χ2n) is 34.8. The molecule has 3 heterocycles. The van der Waals surface area contributed by atoms with Crippen LogP contribution in [0.2, 0.25) is 0 Å². The van der Waals surface area contributed by atoms with E-state index in [4.69, 9.17) is 0 Å². The van der Waals surface area contributed by atoms with Crippen molar-refractivity contribution in [3.8, 4) is 72.4 Å². The summed E-state index contributed by atoms with van der Waals surface area (Å²) in [5.74, 6) is 0. The molecule has 524 valence electrons. The predicted molar refractivity (Wildman–Crippen MR) is 467 cm³/mol. The quantitative estimate of drug-likeness (QED) is 0.156. The van der Waals surface area contributed by atoms with E-state index >= 15 is 0 Å². The Bertz CT molecular complexity index is 6220. The molecule has 0 N–H and O–H groups in total. The Morgan fingerprint density at radius 1 is 0.273 bits per heavy atom. The minimum absolute atomic E-state index is 0.132. The van der Waals surface area contributed by atoms with Crippen LogP contribution in [0.25, 0.3) is 94.3 Å². The van der Waals surface area contributed by atoms with Gasteiger partial charge in [0.15, 0.2) is 0 Å². The van der Waals surface area contributed by atoms with Crippen LogP contribution in [0.4, 0.5) is 17.1 Å². The summed E-state index contributed by atoms with van der Waals surface area (Å²) < 4.78 is 2.83. The highest BCUT2D eigenvalue weighted by Gasteiger charge is 2.56. The Morgan fingerprint density at radius 2 is 0.555 bits per heavy atom. The minimum atomic E-state index is -0.617. The molecule has 2 spiro atoms. The lowest BCUT2D eigenvalue weighted by Crippen LogP contribution is -2.66. The summed E-state index contributed by atoms with van der Waals surface area (Å²) in [6.45, 7) is 28.1. The third-order valence-corrected chi connectivity index (χ3v) is 26.6. The lowest BCUT2D eigenvalue weighted by Gasteiger charge is -2.45. The van der Waals surface area contributed by atoms with Gasteiger partial charge in [-0.15, -0.1) is 0 Å². The SMILES string of the molecule is Cc1cc(C)c(B2c3cc(C(C)(C)C)ccc3N3c4ccc(C(C)(C)C)cc4B(c4c(C)cc(C)cc4C)c4cc(-n5c6c(-c7cccc8c7C7(c9ccccc9-c9ccccc97)c7ccccc7-8)cccc6c6cccc(-c7cccc8c7C7(c9ccccc9-c9ccccc97)c7ccccc7-8)c65)cc2c43)c(C)c1. The Kier molecular flexibility index (Phi) is 13.5. The minimum Gasteiger partial charge on any atom is -0.313 e. The zero-order valence-corrected chi connectivity index (χ0v) is 64.8. The zero-order chi connectivity index (χ0) is 74.5. The maximum atomic E-state index is 2.83. The molecule has 0 bridgehead atoms. The van der Waals surface area contributed by atoms with E-state index in [1.54, 1.807) is 0 Å². The van der Waals surface area contributed by atoms with Crippen molar-refractivity contribution < 1.29 is 0 Å². The highest BCUT2D eigenvalue weighted by atomic mass is 15.2. The van der Waals surface area contributed by atoms with Crippen LogP contribution < -0.4 is 37.7 Å². The van der Waals surface area contributed by atoms with E-state index in [0.717, 1.165) is 5.69 Å². The predicted octanol–water partition coefficient (Wildman–Crippen LogP) is 22.4. The van der Waals surface area contributed by atoms with Crippen molar-refractivity contribution in [2.45, 2.75) is 105 Å². The molecular formula is C106H84B2N2. The second kappa shape index (κ2) is 22.8. The topological polar surface area (TPSA) is 8.17 Å². The molecule has 0 atom stereocenters. The smallest absolute Gasteiger partial charge is 0.247 e. The Morgan fingerprint density at radius 3 is 0.882 bits per heavy atom. The molecule has 110 heavy (non-hydrogen) atoms. The van der Waals surface area contributed by atoms with Gasteiger partial charge in [0.2, 0.25) is 13.4 Å². The van der Waals surface area contributed by atoms with E-state index in [9.17, 15) is 0 Å². The van der Waals surface area contributed by atoms with E-state index in [-0.39, 0.29) is 24.3 Å². The van der Waals surface area contributed by atoms with Gasteiger partial charge in [-0.2, -0.15) is 0 Å². The van der Waals surface area contributed by atoms with Gasteiger partial charge < -0.3 is 9.47 Å². The van der Waals surface area contributed by atoms with Crippen LogP contribution in [0, 0.1) is 41.5 Å². The number of fused-ring (bicyclic) bond motifs is 27. The van der Waals surface area contributed by atoms with Gasteiger partial charge in [-0.05, 0) is 210 Å². The largest absolute Gasteiger partial charge is 0.313 e. The summed E-state index contributed by atoms with van der Waals surface area (Å²) >= 11 is 0. The number of nitrogens with zero attached hydrogens (tertiary/aromatic N) is 2. The van der Waals surface area contributed by atoms with E-state index in [0.29, 0.717) is 0 Å². The van der Waals surface area contributed by atoms with Crippen molar-refractivity contribution in [2.24, 2.45) is 0 Å². The van der Waals surface area contributed by atoms with Gasteiger partial charge >= 0.3 is 0 Å². The van der Waals surface area contributed by atoms with Crippen LogP contribution in [0.1, 0.15) is 131 Å². The van der Waals surface area contributed by atoms with Crippen LogP contribution in [-0.2, 0) is 21.7 Å². The average Bonchev–Trinajstić information content (AvgIpc) is 1.48. The lowest BCUT2D eigenvalue weighted by molar-refractivity contribution is 0.590. The fourth-order valence-electron chi connectivity index (χ4n) is 22.6. The standard InChI is InChI=1S/C106H84B2N2/c1-61-53-63(3)98(64(4)54-61)107-90-57-67(103(7,8)9)49-51-94(90)110-95-52-50-68(104(10,11)12)58-91(95)108(99-65(5)55-62(2)56-66(99)6)93-60-69(59-92(107)102(93)110)109-100-80(78-37-25-35-76-74-33-17-23-47-88(74)105(96(76)78)84-43-19-13-29-70(84)71-30-14-20-44-85(71)105)39-27-41-82(100)83-42-28-40-81(101(83)109)79-38-26-36-77-75-34-18-24-48-89(75)106(97(77)79)86-45-21-15-31-72(86)73-32-16-22-46-87(73)106/h13-60H,1-12H3. The number of benzene rings is 15. The number of aryl methyl sites for hydroxylation is 6. The average molecular weight is 1410 g/mol. The molecular weight excluding hydrogens is 1320 g/mol. The second-order valence-corrected chi connectivity index (χ2v) is 34.8. The number of hydrogen-bond donors (Lipinski definition) is 0. The molecule has 0 saturated carbocycles. The summed E-state index contributed by atoms with van der Waals surface area (Å²) in [7, 11) is 0. The summed E-state index contributed by atoms with van der Waals surface area (Å²) in [4.78, 5) is 2.73. The molecule has 4 heteroatoms. The molecule has 0 unspecified atom stereocenters. The van der Waals surface area contributed by atoms with E-state index < -0.39 is 10.8 Å². The Labute approximate surface area is 647 Å². The first-order valence-corrected chi connectivity index (χ1v) is 39.7. The van der Waals surface area contributed by atoms with Gasteiger partial charge in [0.05, 0.1) is 21.9 Å². The van der Waals surface area contributed by atoms with Crippen molar-refractivity contribution in [3.63, 3.8) is 0 Å². The third kappa shape index (κ3) is 8.47. The fourth-order valence-corrected chi connectivity index (χ4v) is 22.6. The molecule has 16 aromatic rings. The van der Waals surface area contributed by atoms with E-state index in [1.165, 1.54) is 227 Å². The fraction of sp³-hybridized carbons (Fsp3) is 0.151. The van der Waals surface area contributed by atoms with Crippen molar-refractivity contribution in [2.75, 3.05) is 4.90 Å². The Hall–Kier alpha value is -12.0. The molecule has 22 rings (SSSR count). The first kappa shape index (κ1) is 65.1. The van der Waals surface area contributed by atoms with Crippen LogP contribution in [0.5, 0.6) is 0 Å². The molecule has 2 aliphatic heterocycles. The van der Waals surface area contributed by atoms with Gasteiger partial charge in [-0.3, -0.25) is 0 Å². The van der Waals surface area contributed by atoms with Crippen molar-refractivity contribution in [3.05, 3.63) is 380 Å². The van der Waals surface area contributed by atoms with Crippen molar-refractivity contribution >= 4 is 85.1 Å². The van der Waals surface area contributed by atoms with Crippen LogP contribution in [-0.4, -0.2) is 18.0 Å². The summed E-state index contributed by atoms with van der Waals surface area (Å²) in [6.07, 6.45) is 0. The first-order chi connectivity index (χ1) is 53.3. The summed E-state index contributed by atoms with van der Waals surface area (Å²) in [5.41, 5.74) is 50.2. The van der Waals surface area contributed by atoms with Gasteiger partial charge in [-0.1, -0.05) is 353 Å². The molecule has 1 aromatic heterocycles. The summed E-state index contributed by atoms with van der Waals surface area (Å²) in [5, 5.41) is 2.43. The van der Waals surface area contributed by atoms with Crippen molar-refractivity contribution in [1.29, 1.82) is 0 Å². The monoisotopic (exact) mass is 1410 g/mol. The molecule has 0 radical (unpaired) electrons. The highest BCUT2D eigenvalue weighted by Crippen LogP contribution is 2.67. The molecule has 0 fully saturated rings. The number of hydrogen-bond acceptors (Lipinski definition) is 1. The van der Waals surface area contributed by atoms with Gasteiger partial charge in [0.25, 0.3) is 0 Å². The van der Waals surface area contributed by atoms with Crippen LogP contribution in [0.3, 0.4) is 0 Å². The Balaban J connectivity index is 0.941. The molecule has 15 aromatic carbocycles. The normalized spacial score (nSPS) is 14.5. The molecule has 2 nitrogen and oxygen atoms in total. The van der Waals surface area contributed by atoms with Crippen molar-refractivity contribution in [1.82, 2.24) is 4.57 Å². The lowest BCUT2D eigenvalue weighted by atomic mass is 9.29. The maximum Gasteiger partial charge on any atom is 0.247 e. The van der Waals surface area contributed by atoms with E-state index in [1.807, 2.05) is 0 Å². The zero-order valence-electron chi connectivity index (χ0n) is 64.8.